The van der Waals surface area contributed by atoms with Gasteiger partial charge in [-0.2, -0.15) is 0 Å². The SMILES string of the molecule is C[C@@H]1C[C@H](Cl)[C@H](/C=C/C=C\C=C\C(Cl)=C\C=C\C=C\C=C\C=C\C(O)=C2\C(=O)[C@H](CC(N)=O)N([C@@H]3OC[C@@H](O)[C@H](O)[C@H]3O)C2=O)O1. The molecule has 13 heteroatoms. The van der Waals surface area contributed by atoms with Crippen LogP contribution >= 0.6 is 23.2 Å². The third kappa shape index (κ3) is 10.2. The van der Waals surface area contributed by atoms with Gasteiger partial charge in [0.1, 0.15) is 35.7 Å². The molecule has 2 amide bonds. The van der Waals surface area contributed by atoms with E-state index in [0.29, 0.717) is 5.03 Å². The molecule has 3 rings (SSSR count). The molecule has 0 unspecified atom stereocenters. The van der Waals surface area contributed by atoms with E-state index in [0.717, 1.165) is 17.4 Å². The second-order valence-electron chi connectivity index (χ2n) is 10.7. The van der Waals surface area contributed by atoms with Gasteiger partial charge in [-0.25, -0.2) is 0 Å². The Morgan fingerprint density at radius 2 is 1.57 bits per heavy atom. The molecule has 3 saturated heterocycles. The number of halogens is 2. The molecular weight excluding hydrogens is 639 g/mol. The molecular formula is C33H38Cl2N2O9. The van der Waals surface area contributed by atoms with Gasteiger partial charge in [-0.05, 0) is 31.6 Å². The zero-order valence-electron chi connectivity index (χ0n) is 25.0. The molecule has 248 valence electrons. The zero-order chi connectivity index (χ0) is 33.8. The van der Waals surface area contributed by atoms with Crippen LogP contribution in [0.4, 0.5) is 0 Å². The number of ether oxygens (including phenoxy) is 2. The molecule has 0 aromatic heterocycles. The summed E-state index contributed by atoms with van der Waals surface area (Å²) in [5.74, 6) is -3.52. The molecule has 3 heterocycles. The Hall–Kier alpha value is -3.55. The van der Waals surface area contributed by atoms with Crippen molar-refractivity contribution in [2.45, 2.75) is 67.9 Å². The first-order chi connectivity index (χ1) is 21.9. The minimum absolute atomic E-state index is 0.0149. The van der Waals surface area contributed by atoms with Crippen LogP contribution in [0.25, 0.3) is 0 Å². The van der Waals surface area contributed by atoms with E-state index in [-0.39, 0.29) is 17.6 Å². The van der Waals surface area contributed by atoms with Crippen LogP contribution in [0.2, 0.25) is 0 Å². The topological polar surface area (TPSA) is 180 Å². The van der Waals surface area contributed by atoms with Gasteiger partial charge in [-0.1, -0.05) is 84.5 Å². The molecule has 0 radical (unpaired) electrons. The molecule has 3 aliphatic heterocycles. The first-order valence-electron chi connectivity index (χ1n) is 14.5. The van der Waals surface area contributed by atoms with Gasteiger partial charge in [-0.15, -0.1) is 11.6 Å². The number of Topliss-reactive ketones (excluding diaryl/α,β-unsaturated/α-hetero) is 1. The summed E-state index contributed by atoms with van der Waals surface area (Å²) in [6.45, 7) is 1.56. The number of nitrogens with zero attached hydrogens (tertiary/aromatic N) is 1. The van der Waals surface area contributed by atoms with E-state index in [1.807, 2.05) is 31.2 Å². The average Bonchev–Trinajstić information content (AvgIpc) is 3.45. The number of likely N-dealkylation sites (tertiary alicyclic amines) is 1. The maximum Gasteiger partial charge on any atom is 0.264 e. The fourth-order valence-electron chi connectivity index (χ4n) is 4.84. The maximum atomic E-state index is 13.1. The number of primary amides is 1. The maximum absolute atomic E-state index is 13.1. The number of hydrogen-bond donors (Lipinski definition) is 5. The van der Waals surface area contributed by atoms with E-state index >= 15 is 0 Å². The number of alkyl halides is 1. The highest BCUT2D eigenvalue weighted by Crippen LogP contribution is 2.31. The Morgan fingerprint density at radius 1 is 0.957 bits per heavy atom. The number of amides is 2. The first kappa shape index (κ1) is 36.9. The number of hydrogen-bond acceptors (Lipinski definition) is 9. The summed E-state index contributed by atoms with van der Waals surface area (Å²) in [7, 11) is 0. The Bertz CT molecular complexity index is 1390. The summed E-state index contributed by atoms with van der Waals surface area (Å²) < 4.78 is 11.0. The van der Waals surface area contributed by atoms with Crippen molar-refractivity contribution in [1.82, 2.24) is 4.90 Å². The molecule has 0 aliphatic carbocycles. The smallest absolute Gasteiger partial charge is 0.264 e. The molecule has 6 N–H and O–H groups in total. The Morgan fingerprint density at radius 3 is 2.20 bits per heavy atom. The van der Waals surface area contributed by atoms with Crippen LogP contribution in [0.3, 0.4) is 0 Å². The lowest BCUT2D eigenvalue weighted by Crippen LogP contribution is -2.61. The summed E-state index contributed by atoms with van der Waals surface area (Å²) in [6.07, 6.45) is 19.2. The van der Waals surface area contributed by atoms with Gasteiger partial charge in [0.15, 0.2) is 12.0 Å². The Balaban J connectivity index is 1.53. The number of carbonyl (C=O) groups is 3. The van der Waals surface area contributed by atoms with Gasteiger partial charge in [0.05, 0.1) is 30.6 Å². The van der Waals surface area contributed by atoms with Gasteiger partial charge < -0.3 is 35.6 Å². The quantitative estimate of drug-likeness (QED) is 0.0683. The molecule has 3 fully saturated rings. The molecule has 0 spiro atoms. The van der Waals surface area contributed by atoms with Gasteiger partial charge >= 0.3 is 0 Å². The predicted molar refractivity (Wildman–Crippen MR) is 173 cm³/mol. The van der Waals surface area contributed by atoms with Crippen LogP contribution in [0.15, 0.2) is 108 Å². The van der Waals surface area contributed by atoms with Crippen molar-refractivity contribution in [3.05, 3.63) is 108 Å². The average molecular weight is 678 g/mol. The summed E-state index contributed by atoms with van der Waals surface area (Å²) in [4.78, 5) is 38.5. The lowest BCUT2D eigenvalue weighted by atomic mass is 10.0. The molecule has 8 atom stereocenters. The van der Waals surface area contributed by atoms with E-state index in [4.69, 9.17) is 38.4 Å². The third-order valence-electron chi connectivity index (χ3n) is 7.10. The fraction of sp³-hybridized carbons (Fsp3) is 0.364. The zero-order valence-corrected chi connectivity index (χ0v) is 26.5. The lowest BCUT2D eigenvalue weighted by molar-refractivity contribution is -0.229. The Kier molecular flexibility index (Phi) is 14.4. The van der Waals surface area contributed by atoms with Crippen molar-refractivity contribution in [2.24, 2.45) is 5.73 Å². The molecule has 0 bridgehead atoms. The molecule has 11 nitrogen and oxygen atoms in total. The van der Waals surface area contributed by atoms with E-state index in [9.17, 15) is 34.8 Å². The molecule has 0 aromatic carbocycles. The minimum atomic E-state index is -1.78. The molecule has 3 aliphatic rings. The summed E-state index contributed by atoms with van der Waals surface area (Å²) in [5.41, 5.74) is 4.62. The summed E-state index contributed by atoms with van der Waals surface area (Å²) >= 11 is 12.4. The second-order valence-corrected chi connectivity index (χ2v) is 11.6. The largest absolute Gasteiger partial charge is 0.507 e. The Labute approximate surface area is 277 Å². The fourth-order valence-corrected chi connectivity index (χ4v) is 5.38. The molecule has 0 saturated carbocycles. The van der Waals surface area contributed by atoms with Crippen molar-refractivity contribution >= 4 is 40.8 Å². The number of rotatable bonds is 12. The highest BCUT2D eigenvalue weighted by molar-refractivity contribution is 6.31. The first-order valence-corrected chi connectivity index (χ1v) is 15.3. The predicted octanol–water partition coefficient (Wildman–Crippen LogP) is 2.69. The van der Waals surface area contributed by atoms with Crippen LogP contribution < -0.4 is 5.73 Å². The highest BCUT2D eigenvalue weighted by atomic mass is 35.5. The minimum Gasteiger partial charge on any atom is -0.507 e. The number of aliphatic hydroxyl groups is 4. The standard InChI is InChI=1S/C33H38Cl2N2O9/c1-20-17-22(35)26(46-20)16-12-8-7-10-14-21(34)13-9-5-3-2-4-6-11-15-24(38)28-29(41)23(18-27(36)40)37(32(28)44)33-31(43)30(42)25(39)19-45-33/h2-16,20,22-23,25-26,30-31,33,38-39,42-43H,17-19H2,1H3,(H2,36,40)/b3-2+,6-4+,8-7-,9-5+,14-10+,15-11+,16-12+,21-13-,28-24+/t20-,22+,23+,25-,26+,30+,31-,33-/m1/s1. The van der Waals surface area contributed by atoms with Gasteiger partial charge in [0.25, 0.3) is 5.91 Å². The number of carbonyl (C=O) groups excluding carboxylic acids is 3. The van der Waals surface area contributed by atoms with Crippen molar-refractivity contribution in [1.29, 1.82) is 0 Å². The van der Waals surface area contributed by atoms with Crippen molar-refractivity contribution < 1.29 is 44.3 Å². The van der Waals surface area contributed by atoms with E-state index in [1.54, 1.807) is 48.6 Å². The lowest BCUT2D eigenvalue weighted by Gasteiger charge is -2.41. The normalized spacial score (nSPS) is 32.8. The highest BCUT2D eigenvalue weighted by Gasteiger charge is 2.53. The van der Waals surface area contributed by atoms with E-state index in [2.05, 4.69) is 0 Å². The second kappa shape index (κ2) is 18.0. The van der Waals surface area contributed by atoms with Gasteiger partial charge in [0.2, 0.25) is 5.91 Å². The van der Waals surface area contributed by atoms with E-state index in [1.165, 1.54) is 12.2 Å². The monoisotopic (exact) mass is 676 g/mol. The van der Waals surface area contributed by atoms with Crippen LogP contribution in [0.5, 0.6) is 0 Å². The molecule has 46 heavy (non-hydrogen) atoms. The number of ketones is 1. The van der Waals surface area contributed by atoms with Gasteiger partial charge in [-0.3, -0.25) is 19.3 Å². The summed E-state index contributed by atoms with van der Waals surface area (Å²) in [5, 5.41) is 41.1. The van der Waals surface area contributed by atoms with Gasteiger partial charge in [0, 0.05) is 5.03 Å². The third-order valence-corrected chi connectivity index (χ3v) is 7.78. The number of aliphatic hydroxyl groups excluding tert-OH is 4. The summed E-state index contributed by atoms with van der Waals surface area (Å²) in [6, 6.07) is -1.47. The molecule has 0 aromatic rings. The van der Waals surface area contributed by atoms with Crippen LogP contribution in [-0.4, -0.2) is 97.7 Å². The number of nitrogens with two attached hydrogens (primary N) is 1. The van der Waals surface area contributed by atoms with Crippen LogP contribution in [-0.2, 0) is 23.9 Å². The van der Waals surface area contributed by atoms with Crippen LogP contribution in [0.1, 0.15) is 19.8 Å². The van der Waals surface area contributed by atoms with E-state index < -0.39 is 72.5 Å². The van der Waals surface area contributed by atoms with Crippen LogP contribution in [0, 0.1) is 0 Å². The van der Waals surface area contributed by atoms with Crippen molar-refractivity contribution in [3.63, 3.8) is 0 Å². The van der Waals surface area contributed by atoms with Crippen molar-refractivity contribution in [3.8, 4) is 0 Å². The van der Waals surface area contributed by atoms with Crippen molar-refractivity contribution in [2.75, 3.05) is 6.61 Å². The number of allylic oxidation sites excluding steroid dienone is 15.